The van der Waals surface area contributed by atoms with Crippen LogP contribution in [0.1, 0.15) is 24.0 Å². The molecule has 0 amide bonds. The van der Waals surface area contributed by atoms with Gasteiger partial charge in [0.2, 0.25) is 0 Å². The van der Waals surface area contributed by atoms with Gasteiger partial charge in [-0.2, -0.15) is 0 Å². The molecule has 0 heterocycles. The number of aryl methyl sites for hydroxylation is 1. The standard InChI is InChI=1S/C11H14O/c1-4-8(2)10-7-5-6-9(3)11(10)12/h4-8,12H,1H2,2-3H3. The van der Waals surface area contributed by atoms with Crippen LogP contribution < -0.4 is 0 Å². The average molecular weight is 162 g/mol. The first-order valence-electron chi connectivity index (χ1n) is 4.08. The van der Waals surface area contributed by atoms with Crippen molar-refractivity contribution in [3.63, 3.8) is 0 Å². The van der Waals surface area contributed by atoms with Gasteiger partial charge in [0.1, 0.15) is 5.75 Å². The Morgan fingerprint density at radius 2 is 2.17 bits per heavy atom. The maximum Gasteiger partial charge on any atom is 0.122 e. The highest BCUT2D eigenvalue weighted by atomic mass is 16.3. The van der Waals surface area contributed by atoms with Gasteiger partial charge in [-0.25, -0.2) is 0 Å². The van der Waals surface area contributed by atoms with Crippen LogP contribution in [-0.2, 0) is 0 Å². The zero-order valence-corrected chi connectivity index (χ0v) is 7.54. The Balaban J connectivity index is 3.15. The Labute approximate surface area is 73.4 Å². The number of hydrogen-bond acceptors (Lipinski definition) is 1. The Hall–Kier alpha value is -1.24. The van der Waals surface area contributed by atoms with E-state index < -0.39 is 0 Å². The number of benzene rings is 1. The fraction of sp³-hybridized carbons (Fsp3) is 0.273. The number of hydrogen-bond donors (Lipinski definition) is 1. The number of phenolic OH excluding ortho intramolecular Hbond substituents is 1. The third-order valence-electron chi connectivity index (χ3n) is 2.11. The van der Waals surface area contributed by atoms with Crippen LogP contribution >= 0.6 is 0 Å². The summed E-state index contributed by atoms with van der Waals surface area (Å²) in [4.78, 5) is 0. The lowest BCUT2D eigenvalue weighted by Gasteiger charge is -2.10. The Morgan fingerprint density at radius 1 is 1.50 bits per heavy atom. The minimum Gasteiger partial charge on any atom is -0.507 e. The smallest absolute Gasteiger partial charge is 0.122 e. The van der Waals surface area contributed by atoms with Crippen LogP contribution in [0.4, 0.5) is 0 Å². The lowest BCUT2D eigenvalue weighted by molar-refractivity contribution is 0.462. The van der Waals surface area contributed by atoms with Gasteiger partial charge in [0.25, 0.3) is 0 Å². The Kier molecular flexibility index (Phi) is 2.54. The molecule has 1 nitrogen and oxygen atoms in total. The molecular formula is C11H14O. The molecule has 1 atom stereocenters. The van der Waals surface area contributed by atoms with Crippen molar-refractivity contribution < 1.29 is 5.11 Å². The van der Waals surface area contributed by atoms with E-state index in [-0.39, 0.29) is 5.92 Å². The second-order valence-corrected chi connectivity index (χ2v) is 3.04. The Morgan fingerprint density at radius 3 is 2.75 bits per heavy atom. The molecule has 1 aromatic carbocycles. The van der Waals surface area contributed by atoms with Gasteiger partial charge in [-0.3, -0.25) is 0 Å². The van der Waals surface area contributed by atoms with E-state index in [0.717, 1.165) is 11.1 Å². The Bertz CT molecular complexity index is 289. The molecule has 12 heavy (non-hydrogen) atoms. The minimum atomic E-state index is 0.213. The molecule has 0 aromatic heterocycles. The predicted molar refractivity (Wildman–Crippen MR) is 51.5 cm³/mol. The van der Waals surface area contributed by atoms with E-state index in [1.807, 2.05) is 38.1 Å². The third-order valence-corrected chi connectivity index (χ3v) is 2.11. The number of phenols is 1. The number of aromatic hydroxyl groups is 1. The molecule has 1 unspecified atom stereocenters. The summed E-state index contributed by atoms with van der Waals surface area (Å²) in [6, 6.07) is 5.77. The zero-order chi connectivity index (χ0) is 9.14. The fourth-order valence-electron chi connectivity index (χ4n) is 1.18. The molecule has 0 bridgehead atoms. The molecule has 0 saturated heterocycles. The number of rotatable bonds is 2. The maximum atomic E-state index is 9.65. The number of para-hydroxylation sites is 1. The van der Waals surface area contributed by atoms with Gasteiger partial charge in [0.05, 0.1) is 0 Å². The molecule has 0 aliphatic carbocycles. The SMILES string of the molecule is C=CC(C)c1cccc(C)c1O. The van der Waals surface area contributed by atoms with Gasteiger partial charge in [0, 0.05) is 11.5 Å². The highest BCUT2D eigenvalue weighted by molar-refractivity contribution is 5.42. The van der Waals surface area contributed by atoms with Gasteiger partial charge >= 0.3 is 0 Å². The summed E-state index contributed by atoms with van der Waals surface area (Å²) in [5.41, 5.74) is 1.87. The monoisotopic (exact) mass is 162 g/mol. The molecule has 1 aromatic rings. The molecule has 0 saturated carbocycles. The van der Waals surface area contributed by atoms with E-state index in [4.69, 9.17) is 0 Å². The lowest BCUT2D eigenvalue weighted by atomic mass is 9.98. The van der Waals surface area contributed by atoms with Crippen molar-refractivity contribution >= 4 is 0 Å². The molecule has 1 rings (SSSR count). The molecule has 1 heteroatoms. The van der Waals surface area contributed by atoms with Crippen LogP contribution in [-0.4, -0.2) is 5.11 Å². The summed E-state index contributed by atoms with van der Waals surface area (Å²) < 4.78 is 0. The third kappa shape index (κ3) is 1.50. The summed E-state index contributed by atoms with van der Waals surface area (Å²) >= 11 is 0. The summed E-state index contributed by atoms with van der Waals surface area (Å²) in [6.07, 6.45) is 1.83. The van der Waals surface area contributed by atoms with Crippen molar-refractivity contribution in [1.29, 1.82) is 0 Å². The van der Waals surface area contributed by atoms with Crippen molar-refractivity contribution in [2.24, 2.45) is 0 Å². The molecule has 0 aliphatic heterocycles. The van der Waals surface area contributed by atoms with Gasteiger partial charge in [-0.05, 0) is 12.5 Å². The minimum absolute atomic E-state index is 0.213. The van der Waals surface area contributed by atoms with E-state index in [1.54, 1.807) is 0 Å². The van der Waals surface area contributed by atoms with Gasteiger partial charge < -0.3 is 5.11 Å². The van der Waals surface area contributed by atoms with Crippen LogP contribution in [0.2, 0.25) is 0 Å². The highest BCUT2D eigenvalue weighted by Crippen LogP contribution is 2.28. The van der Waals surface area contributed by atoms with E-state index in [9.17, 15) is 5.11 Å². The topological polar surface area (TPSA) is 20.2 Å². The first kappa shape index (κ1) is 8.85. The summed E-state index contributed by atoms with van der Waals surface area (Å²) in [7, 11) is 0. The normalized spacial score (nSPS) is 12.5. The van der Waals surface area contributed by atoms with E-state index in [0.29, 0.717) is 5.75 Å². The predicted octanol–water partition coefficient (Wildman–Crippen LogP) is 2.99. The second-order valence-electron chi connectivity index (χ2n) is 3.04. The largest absolute Gasteiger partial charge is 0.507 e. The first-order valence-corrected chi connectivity index (χ1v) is 4.08. The quantitative estimate of drug-likeness (QED) is 0.663. The van der Waals surface area contributed by atoms with Crippen LogP contribution in [0, 0.1) is 6.92 Å². The maximum absolute atomic E-state index is 9.65. The first-order chi connectivity index (χ1) is 5.66. The van der Waals surface area contributed by atoms with Crippen molar-refractivity contribution in [2.45, 2.75) is 19.8 Å². The molecular weight excluding hydrogens is 148 g/mol. The van der Waals surface area contributed by atoms with Crippen LogP contribution in [0.15, 0.2) is 30.9 Å². The average Bonchev–Trinajstić information content (AvgIpc) is 2.08. The van der Waals surface area contributed by atoms with Crippen molar-refractivity contribution in [3.8, 4) is 5.75 Å². The second kappa shape index (κ2) is 3.44. The molecule has 0 fully saturated rings. The van der Waals surface area contributed by atoms with E-state index >= 15 is 0 Å². The number of allylic oxidation sites excluding steroid dienone is 1. The molecule has 64 valence electrons. The molecule has 0 radical (unpaired) electrons. The van der Waals surface area contributed by atoms with E-state index in [2.05, 4.69) is 6.58 Å². The molecule has 0 spiro atoms. The summed E-state index contributed by atoms with van der Waals surface area (Å²) in [5.74, 6) is 0.606. The lowest BCUT2D eigenvalue weighted by Crippen LogP contribution is -1.90. The summed E-state index contributed by atoms with van der Waals surface area (Å²) in [5, 5.41) is 9.65. The van der Waals surface area contributed by atoms with Gasteiger partial charge in [0.15, 0.2) is 0 Å². The van der Waals surface area contributed by atoms with Gasteiger partial charge in [-0.1, -0.05) is 31.2 Å². The van der Waals surface area contributed by atoms with Crippen molar-refractivity contribution in [1.82, 2.24) is 0 Å². The highest BCUT2D eigenvalue weighted by Gasteiger charge is 2.07. The van der Waals surface area contributed by atoms with Crippen molar-refractivity contribution in [3.05, 3.63) is 42.0 Å². The zero-order valence-electron chi connectivity index (χ0n) is 7.54. The van der Waals surface area contributed by atoms with Crippen LogP contribution in [0.25, 0.3) is 0 Å². The van der Waals surface area contributed by atoms with Crippen LogP contribution in [0.5, 0.6) is 5.75 Å². The van der Waals surface area contributed by atoms with Crippen molar-refractivity contribution in [2.75, 3.05) is 0 Å². The fourth-order valence-corrected chi connectivity index (χ4v) is 1.18. The van der Waals surface area contributed by atoms with Crippen LogP contribution in [0.3, 0.4) is 0 Å². The van der Waals surface area contributed by atoms with Gasteiger partial charge in [-0.15, -0.1) is 6.58 Å². The molecule has 1 N–H and O–H groups in total. The van der Waals surface area contributed by atoms with E-state index in [1.165, 1.54) is 0 Å². The molecule has 0 aliphatic rings. The summed E-state index contributed by atoms with van der Waals surface area (Å²) in [6.45, 7) is 7.61.